The number of benzene rings is 1. The van der Waals surface area contributed by atoms with Crippen LogP contribution in [0.5, 0.6) is 0 Å². The maximum atomic E-state index is 14.8. The Morgan fingerprint density at radius 1 is 0.456 bits per heavy atom. The Hall–Kier alpha value is -10.4. The molecule has 3 rings (SSSR count). The second kappa shape index (κ2) is 71.1. The second-order valence-corrected chi connectivity index (χ2v) is 35.9. The molecule has 0 unspecified atom stereocenters. The van der Waals surface area contributed by atoms with E-state index in [2.05, 4.69) is 100 Å². The number of aliphatic carboxylic acids is 1. The second-order valence-electron chi connectivity index (χ2n) is 32.3. The summed E-state index contributed by atoms with van der Waals surface area (Å²) in [6.45, 7) is 12.9. The predicted molar refractivity (Wildman–Crippen MR) is 504 cm³/mol. The molecule has 25 N–H and O–H groups in total. The molecular weight excluding hydrogens is 1850 g/mol. The Labute approximate surface area is 803 Å². The van der Waals surface area contributed by atoms with Crippen molar-refractivity contribution in [3.63, 3.8) is 0 Å². The van der Waals surface area contributed by atoms with Gasteiger partial charge in [0.1, 0.15) is 68.7 Å². The zero-order valence-corrected chi connectivity index (χ0v) is 80.8. The fraction of sp³-hybridized carbons (Fsp3) is 0.702. The number of thioether (sulfide) groups is 1. The molecule has 7 atom stereocenters. The number of carbonyl (C=O) groups excluding carboxylic acids is 15. The van der Waals surface area contributed by atoms with E-state index in [9.17, 15) is 92.2 Å². The molecule has 0 aliphatic carbocycles. The molecule has 2 bridgehead atoms. The van der Waals surface area contributed by atoms with Crippen LogP contribution in [0.25, 0.3) is 0 Å². The third kappa shape index (κ3) is 57.0. The molecule has 2 aliphatic heterocycles. The minimum atomic E-state index is -1.86. The van der Waals surface area contributed by atoms with Gasteiger partial charge in [-0.2, -0.15) is 0 Å². The highest BCUT2D eigenvalue weighted by atomic mass is 33.1. The number of guanidine groups is 1. The highest BCUT2D eigenvalue weighted by Crippen LogP contribution is 2.25. The summed E-state index contributed by atoms with van der Waals surface area (Å²) < 4.78 is 43.0. The zero-order chi connectivity index (χ0) is 100. The smallest absolute Gasteiger partial charge is 0.305 e. The van der Waals surface area contributed by atoms with Gasteiger partial charge in [-0.05, 0) is 124 Å². The monoisotopic (exact) mass is 1990 g/mol. The third-order valence-corrected chi connectivity index (χ3v) is 24.0. The van der Waals surface area contributed by atoms with Gasteiger partial charge in [0.25, 0.3) is 0 Å². The first-order chi connectivity index (χ1) is 65.0. The maximum absolute atomic E-state index is 14.8. The number of ether oxygens (including phenoxy) is 8. The predicted octanol–water partition coefficient (Wildman–Crippen LogP) is -5.71. The zero-order valence-electron chi connectivity index (χ0n) is 78.3. The molecule has 0 radical (unpaired) electrons. The van der Waals surface area contributed by atoms with E-state index in [4.69, 9.17) is 55.1 Å². The highest BCUT2D eigenvalue weighted by Gasteiger charge is 2.36. The van der Waals surface area contributed by atoms with Crippen LogP contribution in [0.4, 0.5) is 0 Å². The summed E-state index contributed by atoms with van der Waals surface area (Å²) in [4.78, 5) is 219. The van der Waals surface area contributed by atoms with Crippen molar-refractivity contribution in [3.05, 3.63) is 35.9 Å². The van der Waals surface area contributed by atoms with Crippen LogP contribution in [-0.2, 0) is 121 Å². The number of carbonyl (C=O) groups is 16. The van der Waals surface area contributed by atoms with E-state index in [1.807, 2.05) is 27.7 Å². The van der Waals surface area contributed by atoms with Crippen LogP contribution in [0.15, 0.2) is 45.6 Å². The quantitative estimate of drug-likeness (QED) is 0.00722. The molecule has 2 fully saturated rings. The first-order valence-electron chi connectivity index (χ1n) is 44.9. The molecule has 0 saturated carbocycles. The van der Waals surface area contributed by atoms with Crippen LogP contribution in [-0.4, -0.2) is 375 Å². The molecule has 2 saturated heterocycles. The van der Waals surface area contributed by atoms with E-state index in [1.54, 1.807) is 44.2 Å². The number of nitrogens with zero attached hydrogens (tertiary/aromatic N) is 3. The van der Waals surface area contributed by atoms with Crippen LogP contribution in [0, 0.1) is 5.92 Å². The summed E-state index contributed by atoms with van der Waals surface area (Å²) in [5.41, 5.74) is 16.5. The van der Waals surface area contributed by atoms with Gasteiger partial charge in [-0.25, -0.2) is 0 Å². The Morgan fingerprint density at radius 3 is 1.38 bits per heavy atom. The van der Waals surface area contributed by atoms with Gasteiger partial charge in [0.2, 0.25) is 88.6 Å². The third-order valence-electron chi connectivity index (χ3n) is 20.5. The van der Waals surface area contributed by atoms with Crippen molar-refractivity contribution < 1.29 is 130 Å². The minimum absolute atomic E-state index is 0.00228. The van der Waals surface area contributed by atoms with E-state index in [1.165, 1.54) is 0 Å². The number of unbranched alkanes of at least 4 members (excludes halogenated alkanes) is 1. The number of rotatable bonds is 63. The fourth-order valence-electron chi connectivity index (χ4n) is 12.4. The molecule has 136 heavy (non-hydrogen) atoms. The van der Waals surface area contributed by atoms with Crippen molar-refractivity contribution >= 4 is 145 Å². The minimum Gasteiger partial charge on any atom is -0.481 e. The lowest BCUT2D eigenvalue weighted by atomic mass is 9.94. The lowest BCUT2D eigenvalue weighted by Gasteiger charge is -2.28. The summed E-state index contributed by atoms with van der Waals surface area (Å²) >= 11 is 0.873. The van der Waals surface area contributed by atoms with Gasteiger partial charge in [-0.15, -0.1) is 11.8 Å². The number of hydrogen-bond donors (Lipinski definition) is 22. The summed E-state index contributed by atoms with van der Waals surface area (Å²) in [5, 5.41) is 79.1. The van der Waals surface area contributed by atoms with E-state index in [0.29, 0.717) is 43.0 Å². The van der Waals surface area contributed by atoms with Crippen molar-refractivity contribution in [3.8, 4) is 0 Å². The molecule has 49 nitrogen and oxygen atoms in total. The van der Waals surface area contributed by atoms with Gasteiger partial charge >= 0.3 is 5.97 Å². The summed E-state index contributed by atoms with van der Waals surface area (Å²) in [7, 11) is 1.79. The first-order valence-corrected chi connectivity index (χ1v) is 48.6. The number of aliphatic imine (C=N–C) groups is 1. The molecule has 1 aromatic rings. The van der Waals surface area contributed by atoms with Crippen molar-refractivity contribution in [2.45, 2.75) is 178 Å². The molecular formula is C84H142N22O27S3. The van der Waals surface area contributed by atoms with Crippen LogP contribution in [0.2, 0.25) is 0 Å². The lowest BCUT2D eigenvalue weighted by molar-refractivity contribution is -0.141. The Bertz CT molecular complexity index is 3920. The number of carboxylic acids is 1. The van der Waals surface area contributed by atoms with Gasteiger partial charge in [0.05, 0.1) is 121 Å². The number of hydrogen-bond acceptors (Lipinski definition) is 34. The van der Waals surface area contributed by atoms with Gasteiger partial charge in [0.15, 0.2) is 5.96 Å². The SMILES string of the molecule is C/C(=N/O)C(C)(C)NCCC(CCNC(=O)CCCC(=O)NCCCC[C@@H]1NC(=O)CSC[C@@H](C(=O)NCCOCCOCCOCCNC(=O)COCC(=O)NCCOCCOCCOCCNC(=O)COCC(N)=O)NC(=O)[C@H](Cc2ccccc2)NC(=O)[C@@H]2CSSC[C@H](NC1=O)C(=O)N[C@@H](CCCN=C(N)N)C(=O)NCC(=O)N[C@@H](CC(=O)O)C(=O)N2)CCNC(C)(C)/C(C)=N\O. The standard InChI is InChI=1S/C84H142N22O27S3/c1-55(105-124)83(3,4)96-26-21-57(22-27-97-84(5,6)56(2)106-125)20-25-89-68(109)19-12-18-67(108)88-23-11-10-16-60-77(119)103-64-52-135-136-53-65(104-79(121)62(45-74(115)116)99-69(110)46-95-75(117)59(100-80(64)122)17-13-24-94-82(86)87)81(123)101-61(44-58-14-8-7-9-15-58)78(120)102-63(51-134-54-73(114)98-60)76(118)93-31-35-129-39-43-131-42-38-128-34-30-92-72(113)50-133-49-71(112)91-29-33-127-37-41-130-40-36-126-32-28-90-70(111)48-132-47-66(85)107/h7-9,14-15,57,59-65,96-97,124-125H,10-13,16-54H2,1-6H3,(H2,85,107)(H,88,108)(H,89,109)(H,90,111)(H,91,112)(H,92,113)(H,93,118)(H,95,117)(H,98,114)(H,99,110)(H,100,122)(H,101,123)(H,102,120)(H,103,119)(H,104,121)(H,115,116)(H4,86,87,94)/b105-55-,106-56-/t59-,60-,61-,62-,63-,64-,65-/m0/s1. The van der Waals surface area contributed by atoms with E-state index < -0.39 is 161 Å². The molecule has 1 aromatic carbocycles. The molecule has 2 heterocycles. The fourth-order valence-corrected chi connectivity index (χ4v) is 15.5. The van der Waals surface area contributed by atoms with Crippen LogP contribution in [0.1, 0.15) is 124 Å². The summed E-state index contributed by atoms with van der Waals surface area (Å²) in [5.74, 6) is -14.2. The van der Waals surface area contributed by atoms with Crippen molar-refractivity contribution in [2.24, 2.45) is 38.4 Å². The number of amides is 15. The van der Waals surface area contributed by atoms with E-state index in [0.717, 1.165) is 46.2 Å². The molecule has 768 valence electrons. The summed E-state index contributed by atoms with van der Waals surface area (Å²) in [6, 6.07) is -2.50. The topological polar surface area (TPSA) is 715 Å². The number of primary amides is 1. The van der Waals surface area contributed by atoms with Crippen molar-refractivity contribution in [1.82, 2.24) is 85.1 Å². The Morgan fingerprint density at radius 2 is 0.890 bits per heavy atom. The molecule has 2 aliphatic rings. The average molecular weight is 1990 g/mol. The van der Waals surface area contributed by atoms with Gasteiger partial charge < -0.3 is 156 Å². The highest BCUT2D eigenvalue weighted by molar-refractivity contribution is 8.76. The van der Waals surface area contributed by atoms with E-state index >= 15 is 0 Å². The maximum Gasteiger partial charge on any atom is 0.305 e. The van der Waals surface area contributed by atoms with Crippen LogP contribution >= 0.6 is 33.3 Å². The largest absolute Gasteiger partial charge is 0.481 e. The van der Waals surface area contributed by atoms with Gasteiger partial charge in [0, 0.05) is 82.3 Å². The summed E-state index contributed by atoms with van der Waals surface area (Å²) in [6.07, 6.45) is 1.41. The number of fused-ring (bicyclic) bond motifs is 5. The normalized spacial score (nSPS) is 18.6. The van der Waals surface area contributed by atoms with Crippen LogP contribution < -0.4 is 102 Å². The number of nitrogens with two attached hydrogens (primary N) is 3. The average Bonchev–Trinajstić information content (AvgIpc) is 1.20. The molecule has 0 aromatic heterocycles. The number of carboxylic acid groups (broad SMARTS) is 1. The van der Waals surface area contributed by atoms with Crippen molar-refractivity contribution in [2.75, 3.05) is 194 Å². The Kier molecular flexibility index (Phi) is 62.6. The molecule has 0 spiro atoms. The Balaban J connectivity index is 1.72. The van der Waals surface area contributed by atoms with Crippen molar-refractivity contribution in [1.29, 1.82) is 0 Å². The van der Waals surface area contributed by atoms with Gasteiger partial charge in [-0.1, -0.05) is 62.2 Å². The molecule has 15 amide bonds. The van der Waals surface area contributed by atoms with Gasteiger partial charge in [-0.3, -0.25) is 81.7 Å². The number of nitrogens with one attached hydrogen (secondary N) is 16. The molecule has 52 heteroatoms. The van der Waals surface area contributed by atoms with E-state index in [-0.39, 0.29) is 238 Å². The number of oxime groups is 2. The first kappa shape index (κ1) is 120. The van der Waals surface area contributed by atoms with Crippen LogP contribution in [0.3, 0.4) is 0 Å². The lowest BCUT2D eigenvalue weighted by Crippen LogP contribution is -2.60.